The molecule has 3 nitrogen and oxygen atoms in total. The Kier molecular flexibility index (Phi) is 4.37. The lowest BCUT2D eigenvalue weighted by molar-refractivity contribution is 0.460. The normalized spacial score (nSPS) is 11.5. The Labute approximate surface area is 67.9 Å². The second-order valence-electron chi connectivity index (χ2n) is 2.68. The molecule has 0 aliphatic rings. The van der Waals surface area contributed by atoms with Gasteiger partial charge in [0.1, 0.15) is 0 Å². The van der Waals surface area contributed by atoms with Gasteiger partial charge in [0.15, 0.2) is 0 Å². The average molecular weight is 177 g/mol. The molecule has 0 bridgehead atoms. The van der Waals surface area contributed by atoms with Crippen molar-refractivity contribution in [2.45, 2.75) is 26.2 Å². The zero-order valence-electron chi connectivity index (χ0n) is 6.67. The van der Waals surface area contributed by atoms with Crippen LogP contribution in [0.15, 0.2) is 12.2 Å². The maximum atomic E-state index is 10.1. The summed E-state index contributed by atoms with van der Waals surface area (Å²) in [7, 11) is -4.00. The van der Waals surface area contributed by atoms with Gasteiger partial charge in [-0.2, -0.15) is 0 Å². The van der Waals surface area contributed by atoms with E-state index < -0.39 is 10.1 Å². The Morgan fingerprint density at radius 2 is 2.00 bits per heavy atom. The molecule has 0 aromatic carbocycles. The van der Waals surface area contributed by atoms with E-state index in [1.54, 1.807) is 0 Å². The first-order valence-electron chi connectivity index (χ1n) is 3.50. The molecule has 0 atom stereocenters. The van der Waals surface area contributed by atoms with Gasteiger partial charge in [0.25, 0.3) is 0 Å². The zero-order chi connectivity index (χ0) is 8.91. The van der Waals surface area contributed by atoms with E-state index in [1.807, 2.05) is 6.92 Å². The maximum Gasteiger partial charge on any atom is 0.0945 e. The molecule has 0 fully saturated rings. The van der Waals surface area contributed by atoms with Crippen LogP contribution in [0.3, 0.4) is 0 Å². The lowest BCUT2D eigenvalue weighted by atomic mass is 10.2. The first-order valence-corrected chi connectivity index (χ1v) is 5.07. The summed E-state index contributed by atoms with van der Waals surface area (Å²) in [5.41, 5.74) is 1.02. The van der Waals surface area contributed by atoms with Gasteiger partial charge in [-0.05, 0) is 26.2 Å². The van der Waals surface area contributed by atoms with Crippen LogP contribution in [0.5, 0.6) is 0 Å². The Morgan fingerprint density at radius 1 is 1.45 bits per heavy atom. The summed E-state index contributed by atoms with van der Waals surface area (Å²) in [5.74, 6) is -0.250. The van der Waals surface area contributed by atoms with E-state index in [1.165, 1.54) is 0 Å². The monoisotopic (exact) mass is 177 g/mol. The molecule has 0 saturated carbocycles. The number of rotatable bonds is 5. The molecule has 0 radical (unpaired) electrons. The van der Waals surface area contributed by atoms with Crippen LogP contribution < -0.4 is 0 Å². The molecule has 0 saturated heterocycles. The molecule has 66 valence electrons. The third-order valence-electron chi connectivity index (χ3n) is 1.25. The third kappa shape index (κ3) is 9.65. The molecule has 11 heavy (non-hydrogen) atoms. The quantitative estimate of drug-likeness (QED) is 0.361. The van der Waals surface area contributed by atoms with Crippen LogP contribution in [0, 0.1) is 0 Å². The van der Waals surface area contributed by atoms with Crippen LogP contribution in [-0.4, -0.2) is 18.7 Å². The highest BCUT2D eigenvalue weighted by atomic mass is 32.2. The van der Waals surface area contributed by atoms with E-state index in [2.05, 4.69) is 6.58 Å². The highest BCUT2D eigenvalue weighted by Gasteiger charge is 1.94. The third-order valence-corrected chi connectivity index (χ3v) is 2.04. The minimum atomic E-state index is -4.00. The summed E-state index contributed by atoms with van der Waals surface area (Å²) in [4.78, 5) is 0. The van der Waals surface area contributed by atoms with Gasteiger partial charge in [-0.3, -0.25) is 0 Å². The number of unbranched alkanes of at least 4 members (excludes halogenated alkanes) is 1. The smallest absolute Gasteiger partial charge is 0.0945 e. The van der Waals surface area contributed by atoms with Gasteiger partial charge in [0, 0.05) is 5.75 Å². The minimum absolute atomic E-state index is 0.250. The topological polar surface area (TPSA) is 57.2 Å². The fraction of sp³-hybridized carbons (Fsp3) is 0.714. The SMILES string of the molecule is C=C(C)CCCCS(=O)(=O)[O-]. The molecule has 0 aliphatic carbocycles. The molecule has 0 amide bonds. The van der Waals surface area contributed by atoms with Crippen molar-refractivity contribution in [2.24, 2.45) is 0 Å². The van der Waals surface area contributed by atoms with Crippen LogP contribution in [0.25, 0.3) is 0 Å². The lowest BCUT2D eigenvalue weighted by Gasteiger charge is -2.05. The predicted molar refractivity (Wildman–Crippen MR) is 43.2 cm³/mol. The zero-order valence-corrected chi connectivity index (χ0v) is 7.49. The van der Waals surface area contributed by atoms with E-state index in [0.29, 0.717) is 6.42 Å². The van der Waals surface area contributed by atoms with E-state index in [4.69, 9.17) is 0 Å². The van der Waals surface area contributed by atoms with Gasteiger partial charge in [-0.25, -0.2) is 8.42 Å². The summed E-state index contributed by atoms with van der Waals surface area (Å²) in [5, 5.41) is 0. The first kappa shape index (κ1) is 10.7. The van der Waals surface area contributed by atoms with Crippen molar-refractivity contribution >= 4 is 10.1 Å². The summed E-state index contributed by atoms with van der Waals surface area (Å²) >= 11 is 0. The van der Waals surface area contributed by atoms with Crippen molar-refractivity contribution in [3.63, 3.8) is 0 Å². The van der Waals surface area contributed by atoms with Gasteiger partial charge < -0.3 is 4.55 Å². The van der Waals surface area contributed by atoms with Gasteiger partial charge in [0.05, 0.1) is 10.1 Å². The molecule has 0 spiro atoms. The Bertz CT molecular complexity index is 216. The minimum Gasteiger partial charge on any atom is -0.748 e. The molecule has 4 heteroatoms. The van der Waals surface area contributed by atoms with Crippen molar-refractivity contribution in [1.82, 2.24) is 0 Å². The molecule has 0 N–H and O–H groups in total. The largest absolute Gasteiger partial charge is 0.748 e. The summed E-state index contributed by atoms with van der Waals surface area (Å²) in [6, 6.07) is 0. The highest BCUT2D eigenvalue weighted by molar-refractivity contribution is 7.85. The molecule has 0 aromatic heterocycles. The summed E-state index contributed by atoms with van der Waals surface area (Å²) in [6.45, 7) is 5.54. The van der Waals surface area contributed by atoms with Gasteiger partial charge >= 0.3 is 0 Å². The van der Waals surface area contributed by atoms with E-state index in [0.717, 1.165) is 18.4 Å². The molecule has 0 rings (SSSR count). The fourth-order valence-electron chi connectivity index (χ4n) is 0.706. The van der Waals surface area contributed by atoms with Crippen molar-refractivity contribution < 1.29 is 13.0 Å². The first-order chi connectivity index (χ1) is 4.92. The molecule has 0 aromatic rings. The standard InChI is InChI=1S/C7H14O3S/c1-7(2)5-3-4-6-11(8,9)10/h1,3-6H2,2H3,(H,8,9,10)/p-1. The molecule has 0 heterocycles. The lowest BCUT2D eigenvalue weighted by Crippen LogP contribution is -2.03. The van der Waals surface area contributed by atoms with Gasteiger partial charge in [-0.15, -0.1) is 6.58 Å². The number of allylic oxidation sites excluding steroid dienone is 1. The summed E-state index contributed by atoms with van der Waals surface area (Å²) in [6.07, 6.45) is 1.98. The second-order valence-corrected chi connectivity index (χ2v) is 4.20. The van der Waals surface area contributed by atoms with Crippen molar-refractivity contribution in [3.05, 3.63) is 12.2 Å². The highest BCUT2D eigenvalue weighted by Crippen LogP contribution is 2.04. The van der Waals surface area contributed by atoms with E-state index in [9.17, 15) is 13.0 Å². The second kappa shape index (κ2) is 4.51. The predicted octanol–water partition coefficient (Wildman–Crippen LogP) is 1.28. The number of hydrogen-bond acceptors (Lipinski definition) is 3. The van der Waals surface area contributed by atoms with Gasteiger partial charge in [0.2, 0.25) is 0 Å². The molecule has 0 unspecified atom stereocenters. The Hall–Kier alpha value is -0.350. The number of hydrogen-bond donors (Lipinski definition) is 0. The van der Waals surface area contributed by atoms with Crippen LogP contribution in [-0.2, 0) is 10.1 Å². The molecule has 0 aliphatic heterocycles. The van der Waals surface area contributed by atoms with Gasteiger partial charge in [-0.1, -0.05) is 5.57 Å². The maximum absolute atomic E-state index is 10.1. The van der Waals surface area contributed by atoms with Crippen LogP contribution in [0.1, 0.15) is 26.2 Å². The molecular formula is C7H13O3S-. The van der Waals surface area contributed by atoms with Crippen molar-refractivity contribution in [1.29, 1.82) is 0 Å². The summed E-state index contributed by atoms with van der Waals surface area (Å²) < 4.78 is 30.3. The molecular weight excluding hydrogens is 164 g/mol. The van der Waals surface area contributed by atoms with Crippen molar-refractivity contribution in [3.8, 4) is 0 Å². The Balaban J connectivity index is 3.37. The van der Waals surface area contributed by atoms with Crippen LogP contribution >= 0.6 is 0 Å². The average Bonchev–Trinajstić information content (AvgIpc) is 1.78. The Morgan fingerprint density at radius 3 is 2.36 bits per heavy atom. The van der Waals surface area contributed by atoms with Crippen LogP contribution in [0.4, 0.5) is 0 Å². The fourth-order valence-corrected chi connectivity index (χ4v) is 1.26. The van der Waals surface area contributed by atoms with E-state index >= 15 is 0 Å². The van der Waals surface area contributed by atoms with Crippen molar-refractivity contribution in [2.75, 3.05) is 5.75 Å². The van der Waals surface area contributed by atoms with Crippen LogP contribution in [0.2, 0.25) is 0 Å². The van der Waals surface area contributed by atoms with E-state index in [-0.39, 0.29) is 5.75 Å².